The Morgan fingerprint density at radius 3 is 2.57 bits per heavy atom. The minimum atomic E-state index is 0.560. The Morgan fingerprint density at radius 1 is 1.13 bits per heavy atom. The molecule has 3 aromatic rings. The Labute approximate surface area is 144 Å². The van der Waals surface area contributed by atoms with Crippen LogP contribution in [0.5, 0.6) is 5.75 Å². The Kier molecular flexibility index (Phi) is 4.88. The summed E-state index contributed by atoms with van der Waals surface area (Å²) in [6, 6.07) is 15.7. The van der Waals surface area contributed by atoms with Crippen LogP contribution in [0.25, 0.3) is 17.1 Å². The summed E-state index contributed by atoms with van der Waals surface area (Å²) in [5.41, 5.74) is 1.92. The van der Waals surface area contributed by atoms with Gasteiger partial charge in [0.25, 0.3) is 0 Å². The summed E-state index contributed by atoms with van der Waals surface area (Å²) >= 11 is 7.93. The SMILES string of the molecule is CCSc1nnc(-c2ccccc2)n1-c1ccc(OC)c(Cl)c1. The first-order chi connectivity index (χ1) is 11.2. The van der Waals surface area contributed by atoms with Gasteiger partial charge in [-0.1, -0.05) is 60.6 Å². The fourth-order valence-corrected chi connectivity index (χ4v) is 3.22. The molecule has 0 amide bonds. The van der Waals surface area contributed by atoms with Crippen LogP contribution in [0.15, 0.2) is 53.7 Å². The third-order valence-corrected chi connectivity index (χ3v) is 4.44. The third-order valence-electron chi connectivity index (χ3n) is 3.33. The number of benzene rings is 2. The minimum Gasteiger partial charge on any atom is -0.495 e. The molecule has 3 rings (SSSR count). The van der Waals surface area contributed by atoms with Crippen LogP contribution in [0.2, 0.25) is 5.02 Å². The number of ether oxygens (including phenoxy) is 1. The van der Waals surface area contributed by atoms with Crippen molar-refractivity contribution < 1.29 is 4.74 Å². The van der Waals surface area contributed by atoms with Crippen molar-refractivity contribution in [2.45, 2.75) is 12.1 Å². The maximum Gasteiger partial charge on any atom is 0.196 e. The van der Waals surface area contributed by atoms with E-state index < -0.39 is 0 Å². The van der Waals surface area contributed by atoms with Crippen LogP contribution in [0.3, 0.4) is 0 Å². The summed E-state index contributed by atoms with van der Waals surface area (Å²) in [6.45, 7) is 2.09. The van der Waals surface area contributed by atoms with Gasteiger partial charge in [-0.3, -0.25) is 4.57 Å². The fraction of sp³-hybridized carbons (Fsp3) is 0.176. The predicted molar refractivity (Wildman–Crippen MR) is 94.8 cm³/mol. The maximum atomic E-state index is 6.29. The molecule has 0 unspecified atom stereocenters. The zero-order chi connectivity index (χ0) is 16.2. The lowest BCUT2D eigenvalue weighted by Crippen LogP contribution is -2.00. The average molecular weight is 346 g/mol. The summed E-state index contributed by atoms with van der Waals surface area (Å²) in [5.74, 6) is 2.36. The number of nitrogens with zero attached hydrogens (tertiary/aromatic N) is 3. The van der Waals surface area contributed by atoms with Crippen LogP contribution < -0.4 is 4.74 Å². The molecule has 118 valence electrons. The number of methoxy groups -OCH3 is 1. The van der Waals surface area contributed by atoms with Crippen molar-refractivity contribution in [3.05, 3.63) is 53.6 Å². The summed E-state index contributed by atoms with van der Waals surface area (Å²) in [5, 5.41) is 10.1. The second-order valence-corrected chi connectivity index (χ2v) is 6.40. The van der Waals surface area contributed by atoms with E-state index in [0.29, 0.717) is 10.8 Å². The number of rotatable bonds is 5. The lowest BCUT2D eigenvalue weighted by molar-refractivity contribution is 0.415. The number of aromatic nitrogens is 3. The van der Waals surface area contributed by atoms with Gasteiger partial charge in [-0.25, -0.2) is 0 Å². The lowest BCUT2D eigenvalue weighted by atomic mass is 10.2. The smallest absolute Gasteiger partial charge is 0.196 e. The largest absolute Gasteiger partial charge is 0.495 e. The van der Waals surface area contributed by atoms with Crippen LogP contribution in [-0.2, 0) is 0 Å². The zero-order valence-corrected chi connectivity index (χ0v) is 14.4. The topological polar surface area (TPSA) is 39.9 Å². The van der Waals surface area contributed by atoms with Crippen molar-refractivity contribution in [1.82, 2.24) is 14.8 Å². The van der Waals surface area contributed by atoms with Crippen LogP contribution in [0.4, 0.5) is 0 Å². The van der Waals surface area contributed by atoms with E-state index >= 15 is 0 Å². The van der Waals surface area contributed by atoms with E-state index in [1.807, 2.05) is 53.1 Å². The fourth-order valence-electron chi connectivity index (χ4n) is 2.29. The van der Waals surface area contributed by atoms with E-state index in [9.17, 15) is 0 Å². The molecule has 0 aliphatic rings. The molecule has 0 radical (unpaired) electrons. The number of halogens is 1. The van der Waals surface area contributed by atoms with Crippen molar-refractivity contribution >= 4 is 23.4 Å². The van der Waals surface area contributed by atoms with Gasteiger partial charge in [-0.05, 0) is 24.0 Å². The molecule has 0 aliphatic heterocycles. The number of hydrogen-bond acceptors (Lipinski definition) is 4. The highest BCUT2D eigenvalue weighted by atomic mass is 35.5. The molecule has 0 aliphatic carbocycles. The number of hydrogen-bond donors (Lipinski definition) is 0. The molecule has 0 spiro atoms. The van der Waals surface area contributed by atoms with Crippen LogP contribution in [-0.4, -0.2) is 27.6 Å². The third kappa shape index (κ3) is 3.21. The molecular weight excluding hydrogens is 330 g/mol. The number of thioether (sulfide) groups is 1. The molecular formula is C17H16ClN3OS. The summed E-state index contributed by atoms with van der Waals surface area (Å²) in [7, 11) is 1.60. The quantitative estimate of drug-likeness (QED) is 0.628. The molecule has 1 aromatic heterocycles. The molecule has 1 heterocycles. The zero-order valence-electron chi connectivity index (χ0n) is 12.9. The maximum absolute atomic E-state index is 6.29. The molecule has 6 heteroatoms. The van der Waals surface area contributed by atoms with Crippen LogP contribution >= 0.6 is 23.4 Å². The molecule has 2 aromatic carbocycles. The van der Waals surface area contributed by atoms with Crippen molar-refractivity contribution in [2.24, 2.45) is 0 Å². The second-order valence-electron chi connectivity index (χ2n) is 4.76. The lowest BCUT2D eigenvalue weighted by Gasteiger charge is -2.11. The van der Waals surface area contributed by atoms with E-state index in [4.69, 9.17) is 16.3 Å². The normalized spacial score (nSPS) is 10.7. The van der Waals surface area contributed by atoms with Crippen LogP contribution in [0, 0.1) is 0 Å². The van der Waals surface area contributed by atoms with E-state index in [1.54, 1.807) is 18.9 Å². The van der Waals surface area contributed by atoms with Gasteiger partial charge < -0.3 is 4.74 Å². The molecule has 0 atom stereocenters. The first kappa shape index (κ1) is 15.9. The van der Waals surface area contributed by atoms with Crippen molar-refractivity contribution in [2.75, 3.05) is 12.9 Å². The van der Waals surface area contributed by atoms with Gasteiger partial charge >= 0.3 is 0 Å². The van der Waals surface area contributed by atoms with Gasteiger partial charge in [0.1, 0.15) is 5.75 Å². The van der Waals surface area contributed by atoms with E-state index in [1.165, 1.54) is 0 Å². The molecule has 0 bridgehead atoms. The van der Waals surface area contributed by atoms with Crippen LogP contribution in [0.1, 0.15) is 6.92 Å². The van der Waals surface area contributed by atoms with Gasteiger partial charge in [0.15, 0.2) is 11.0 Å². The Hall–Kier alpha value is -1.98. The van der Waals surface area contributed by atoms with E-state index in [0.717, 1.165) is 28.0 Å². The average Bonchev–Trinajstić information content (AvgIpc) is 2.99. The highest BCUT2D eigenvalue weighted by Gasteiger charge is 2.16. The van der Waals surface area contributed by atoms with Crippen molar-refractivity contribution in [3.63, 3.8) is 0 Å². The molecule has 0 N–H and O–H groups in total. The Bertz CT molecular complexity index is 805. The van der Waals surface area contributed by atoms with Gasteiger partial charge in [-0.2, -0.15) is 0 Å². The van der Waals surface area contributed by atoms with E-state index in [2.05, 4.69) is 17.1 Å². The molecule has 4 nitrogen and oxygen atoms in total. The predicted octanol–water partition coefficient (Wildman–Crippen LogP) is 4.71. The Morgan fingerprint density at radius 2 is 1.91 bits per heavy atom. The summed E-state index contributed by atoms with van der Waals surface area (Å²) in [6.07, 6.45) is 0. The first-order valence-electron chi connectivity index (χ1n) is 7.22. The monoisotopic (exact) mass is 345 g/mol. The van der Waals surface area contributed by atoms with E-state index in [-0.39, 0.29) is 0 Å². The Balaban J connectivity index is 2.16. The minimum absolute atomic E-state index is 0.560. The highest BCUT2D eigenvalue weighted by Crippen LogP contribution is 2.32. The molecule has 0 fully saturated rings. The van der Waals surface area contributed by atoms with Gasteiger partial charge in [-0.15, -0.1) is 10.2 Å². The van der Waals surface area contributed by atoms with Crippen molar-refractivity contribution in [1.29, 1.82) is 0 Å². The first-order valence-corrected chi connectivity index (χ1v) is 8.58. The standard InChI is InChI=1S/C17H16ClN3OS/c1-3-23-17-20-19-16(12-7-5-4-6-8-12)21(17)13-9-10-15(22-2)14(18)11-13/h4-11H,3H2,1-2H3. The molecule has 0 saturated heterocycles. The second kappa shape index (κ2) is 7.06. The van der Waals surface area contributed by atoms with Gasteiger partial charge in [0.05, 0.1) is 17.8 Å². The van der Waals surface area contributed by atoms with Gasteiger partial charge in [0.2, 0.25) is 0 Å². The summed E-state index contributed by atoms with van der Waals surface area (Å²) in [4.78, 5) is 0. The summed E-state index contributed by atoms with van der Waals surface area (Å²) < 4.78 is 7.25. The highest BCUT2D eigenvalue weighted by molar-refractivity contribution is 7.99. The molecule has 23 heavy (non-hydrogen) atoms. The molecule has 0 saturated carbocycles. The van der Waals surface area contributed by atoms with Crippen molar-refractivity contribution in [3.8, 4) is 22.8 Å². The van der Waals surface area contributed by atoms with Gasteiger partial charge in [0, 0.05) is 5.56 Å².